The molecule has 0 unspecified atom stereocenters. The van der Waals surface area contributed by atoms with Crippen molar-refractivity contribution in [3.8, 4) is 0 Å². The fraction of sp³-hybridized carbons (Fsp3) is 0.310. The van der Waals surface area contributed by atoms with Gasteiger partial charge in [0.05, 0.1) is 10.6 Å². The molecule has 7 nitrogen and oxygen atoms in total. The molecular formula is C29H33Cl2N3O4S. The first-order valence-corrected chi connectivity index (χ1v) is 14.8. The number of benzene rings is 3. The van der Waals surface area contributed by atoms with E-state index in [4.69, 9.17) is 23.2 Å². The van der Waals surface area contributed by atoms with E-state index in [1.807, 2.05) is 20.8 Å². The summed E-state index contributed by atoms with van der Waals surface area (Å²) in [5.41, 5.74) is 1.90. The molecule has 0 aliphatic carbocycles. The largest absolute Gasteiger partial charge is 0.352 e. The second kappa shape index (κ2) is 13.3. The van der Waals surface area contributed by atoms with E-state index in [9.17, 15) is 18.0 Å². The first kappa shape index (κ1) is 30.5. The number of anilines is 1. The van der Waals surface area contributed by atoms with E-state index in [0.29, 0.717) is 27.7 Å². The molecule has 0 bridgehead atoms. The van der Waals surface area contributed by atoms with Crippen molar-refractivity contribution in [2.24, 2.45) is 0 Å². The van der Waals surface area contributed by atoms with E-state index >= 15 is 0 Å². The van der Waals surface area contributed by atoms with Gasteiger partial charge in [-0.1, -0.05) is 66.0 Å². The average Bonchev–Trinajstić information content (AvgIpc) is 2.88. The van der Waals surface area contributed by atoms with Crippen LogP contribution in [0.2, 0.25) is 10.0 Å². The fourth-order valence-electron chi connectivity index (χ4n) is 4.08. The fourth-order valence-corrected chi connectivity index (χ4v) is 5.82. The monoisotopic (exact) mass is 589 g/mol. The highest BCUT2D eigenvalue weighted by Gasteiger charge is 2.34. The minimum Gasteiger partial charge on any atom is -0.352 e. The highest BCUT2D eigenvalue weighted by molar-refractivity contribution is 7.92. The average molecular weight is 591 g/mol. The van der Waals surface area contributed by atoms with Crippen LogP contribution >= 0.6 is 23.2 Å². The van der Waals surface area contributed by atoms with Crippen molar-refractivity contribution in [3.05, 3.63) is 94.0 Å². The van der Waals surface area contributed by atoms with E-state index < -0.39 is 28.5 Å². The highest BCUT2D eigenvalue weighted by Crippen LogP contribution is 2.27. The lowest BCUT2D eigenvalue weighted by molar-refractivity contribution is -0.140. The van der Waals surface area contributed by atoms with E-state index in [0.717, 1.165) is 9.87 Å². The number of aryl methyl sites for hydroxylation is 1. The van der Waals surface area contributed by atoms with Gasteiger partial charge in [0.25, 0.3) is 10.0 Å². The summed E-state index contributed by atoms with van der Waals surface area (Å²) in [5.74, 6) is -0.867. The second-order valence-electron chi connectivity index (χ2n) is 9.50. The summed E-state index contributed by atoms with van der Waals surface area (Å²) < 4.78 is 28.7. The van der Waals surface area contributed by atoms with E-state index in [1.165, 1.54) is 29.2 Å². The predicted molar refractivity (Wildman–Crippen MR) is 157 cm³/mol. The molecule has 39 heavy (non-hydrogen) atoms. The summed E-state index contributed by atoms with van der Waals surface area (Å²) in [4.78, 5) is 28.6. The molecule has 0 heterocycles. The van der Waals surface area contributed by atoms with Crippen LogP contribution in [-0.4, -0.2) is 43.8 Å². The molecular weight excluding hydrogens is 557 g/mol. The molecule has 0 aromatic heterocycles. The zero-order chi connectivity index (χ0) is 28.7. The molecule has 1 atom stereocenters. The Kier molecular flexibility index (Phi) is 10.4. The van der Waals surface area contributed by atoms with Crippen molar-refractivity contribution < 1.29 is 18.0 Å². The van der Waals surface area contributed by atoms with Crippen LogP contribution < -0.4 is 9.62 Å². The van der Waals surface area contributed by atoms with Crippen LogP contribution in [0.4, 0.5) is 5.69 Å². The summed E-state index contributed by atoms with van der Waals surface area (Å²) in [6.45, 7) is 6.87. The number of amides is 2. The van der Waals surface area contributed by atoms with Crippen molar-refractivity contribution in [1.82, 2.24) is 10.2 Å². The van der Waals surface area contributed by atoms with Crippen LogP contribution in [0.5, 0.6) is 0 Å². The van der Waals surface area contributed by atoms with Gasteiger partial charge in [0.2, 0.25) is 11.8 Å². The quantitative estimate of drug-likeness (QED) is 0.305. The van der Waals surface area contributed by atoms with Gasteiger partial charge in [-0.2, -0.15) is 0 Å². The number of carbonyl (C=O) groups is 2. The molecule has 0 aliphatic rings. The lowest BCUT2D eigenvalue weighted by atomic mass is 10.1. The van der Waals surface area contributed by atoms with Crippen LogP contribution in [0.1, 0.15) is 38.3 Å². The first-order chi connectivity index (χ1) is 18.4. The van der Waals surface area contributed by atoms with Crippen molar-refractivity contribution >= 4 is 50.7 Å². The Morgan fingerprint density at radius 3 is 2.10 bits per heavy atom. The summed E-state index contributed by atoms with van der Waals surface area (Å²) in [5, 5.41) is 3.70. The third-order valence-electron chi connectivity index (χ3n) is 6.12. The van der Waals surface area contributed by atoms with Crippen molar-refractivity contribution in [2.45, 2.75) is 57.6 Å². The molecule has 0 saturated heterocycles. The van der Waals surface area contributed by atoms with Gasteiger partial charge >= 0.3 is 0 Å². The molecule has 3 rings (SSSR count). The zero-order valence-electron chi connectivity index (χ0n) is 22.4. The maximum absolute atomic E-state index is 14.0. The maximum Gasteiger partial charge on any atom is 0.264 e. The lowest BCUT2D eigenvalue weighted by Crippen LogP contribution is -2.53. The van der Waals surface area contributed by atoms with Crippen LogP contribution in [0.3, 0.4) is 0 Å². The van der Waals surface area contributed by atoms with E-state index in [2.05, 4.69) is 5.32 Å². The molecule has 1 N–H and O–H groups in total. The molecule has 3 aromatic rings. The van der Waals surface area contributed by atoms with Crippen LogP contribution in [0, 0.1) is 6.92 Å². The van der Waals surface area contributed by atoms with Gasteiger partial charge in [-0.15, -0.1) is 0 Å². The Hall–Kier alpha value is -3.07. The smallest absolute Gasteiger partial charge is 0.264 e. The minimum atomic E-state index is -4.16. The molecule has 208 valence electrons. The van der Waals surface area contributed by atoms with Gasteiger partial charge in [0, 0.05) is 22.6 Å². The van der Waals surface area contributed by atoms with Crippen molar-refractivity contribution in [1.29, 1.82) is 0 Å². The molecule has 3 aromatic carbocycles. The summed E-state index contributed by atoms with van der Waals surface area (Å²) in [6, 6.07) is 18.7. The first-order valence-electron chi connectivity index (χ1n) is 12.6. The van der Waals surface area contributed by atoms with E-state index in [1.54, 1.807) is 55.5 Å². The molecule has 0 fully saturated rings. The number of sulfonamides is 1. The third kappa shape index (κ3) is 7.75. The summed E-state index contributed by atoms with van der Waals surface area (Å²) in [6.07, 6.45) is 0.323. The number of halogens is 2. The number of carbonyl (C=O) groups excluding carboxylic acids is 2. The SMILES string of the molecule is CC[C@@H](C(=O)NC(C)C)N(Cc1ccccc1Cl)C(=O)CN(c1ccc(C)cc1)S(=O)(=O)c1ccc(Cl)cc1. The molecule has 10 heteroatoms. The number of hydrogen-bond acceptors (Lipinski definition) is 4. The van der Waals surface area contributed by atoms with Gasteiger partial charge < -0.3 is 10.2 Å². The number of rotatable bonds is 11. The Labute approximate surface area is 240 Å². The van der Waals surface area contributed by atoms with Crippen LogP contribution in [-0.2, 0) is 26.2 Å². The topological polar surface area (TPSA) is 86.8 Å². The molecule has 0 saturated carbocycles. The zero-order valence-corrected chi connectivity index (χ0v) is 24.7. The second-order valence-corrected chi connectivity index (χ2v) is 12.2. The number of nitrogens with one attached hydrogen (secondary N) is 1. The van der Waals surface area contributed by atoms with Gasteiger partial charge in [0.1, 0.15) is 12.6 Å². The maximum atomic E-state index is 14.0. The highest BCUT2D eigenvalue weighted by atomic mass is 35.5. The number of nitrogens with zero attached hydrogens (tertiary/aromatic N) is 2. The minimum absolute atomic E-state index is 0.0116. The third-order valence-corrected chi connectivity index (χ3v) is 8.53. The Morgan fingerprint density at radius 2 is 1.54 bits per heavy atom. The normalized spacial score (nSPS) is 12.2. The Balaban J connectivity index is 2.07. The Bertz CT molecular complexity index is 1390. The van der Waals surface area contributed by atoms with Gasteiger partial charge in [-0.25, -0.2) is 8.42 Å². The molecule has 0 aliphatic heterocycles. The van der Waals surface area contributed by atoms with Crippen LogP contribution in [0.25, 0.3) is 0 Å². The number of hydrogen-bond donors (Lipinski definition) is 1. The van der Waals surface area contributed by atoms with Gasteiger partial charge in [-0.05, 0) is 75.2 Å². The summed E-state index contributed by atoms with van der Waals surface area (Å²) >= 11 is 12.4. The standard InChI is InChI=1S/C29H33Cl2N3O4S/c1-5-27(29(36)32-20(2)3)33(18-22-8-6-7-9-26(22)31)28(35)19-34(24-14-10-21(4)11-15-24)39(37,38)25-16-12-23(30)13-17-25/h6-17,20,27H,5,18-19H2,1-4H3,(H,32,36)/t27-/m0/s1. The predicted octanol–water partition coefficient (Wildman–Crippen LogP) is 5.83. The van der Waals surface area contributed by atoms with Crippen LogP contribution in [0.15, 0.2) is 77.7 Å². The summed E-state index contributed by atoms with van der Waals surface area (Å²) in [7, 11) is -4.16. The van der Waals surface area contributed by atoms with Gasteiger partial charge in [0.15, 0.2) is 0 Å². The lowest BCUT2D eigenvalue weighted by Gasteiger charge is -2.33. The van der Waals surface area contributed by atoms with Crippen molar-refractivity contribution in [3.63, 3.8) is 0 Å². The molecule has 0 spiro atoms. The molecule has 0 radical (unpaired) electrons. The van der Waals surface area contributed by atoms with E-state index in [-0.39, 0.29) is 23.4 Å². The van der Waals surface area contributed by atoms with Crippen molar-refractivity contribution in [2.75, 3.05) is 10.8 Å². The Morgan fingerprint density at radius 1 is 0.923 bits per heavy atom. The van der Waals surface area contributed by atoms with Gasteiger partial charge in [-0.3, -0.25) is 13.9 Å². The molecule has 2 amide bonds.